The molecule has 1 aliphatic heterocycles. The van der Waals surface area contributed by atoms with Crippen LogP contribution in [0, 0.1) is 5.92 Å². The zero-order valence-electron chi connectivity index (χ0n) is 15.0. The van der Waals surface area contributed by atoms with Crippen LogP contribution in [-0.2, 0) is 17.6 Å². The minimum Gasteiger partial charge on any atom is -0.381 e. The monoisotopic (exact) mass is 399 g/mol. The van der Waals surface area contributed by atoms with E-state index in [0.717, 1.165) is 22.9 Å². The van der Waals surface area contributed by atoms with E-state index in [1.165, 1.54) is 0 Å². The standard InChI is InChI=1S/C19H21ClF3N3O/c1-27-15-9-12-8-14(20)6-7-16(12)26-17(10-15)24-25-18(26)11-2-4-13(5-3-11)19(21,22)23/h6-8,11,13,15H,2-5,9-10H2,1H3/t11-,13-,15-/m0/s1. The van der Waals surface area contributed by atoms with E-state index >= 15 is 0 Å². The lowest BCUT2D eigenvalue weighted by molar-refractivity contribution is -0.182. The Morgan fingerprint density at radius 2 is 1.85 bits per heavy atom. The molecule has 2 aromatic rings. The van der Waals surface area contributed by atoms with E-state index in [9.17, 15) is 13.2 Å². The lowest BCUT2D eigenvalue weighted by Crippen LogP contribution is -2.28. The highest BCUT2D eigenvalue weighted by Crippen LogP contribution is 2.43. The van der Waals surface area contributed by atoms with Crippen LogP contribution in [0.4, 0.5) is 13.2 Å². The van der Waals surface area contributed by atoms with Gasteiger partial charge in [-0.25, -0.2) is 0 Å². The Labute approximate surface area is 160 Å². The molecule has 0 N–H and O–H groups in total. The Hall–Kier alpha value is -1.60. The van der Waals surface area contributed by atoms with Crippen LogP contribution in [0.3, 0.4) is 0 Å². The summed E-state index contributed by atoms with van der Waals surface area (Å²) in [7, 11) is 1.67. The van der Waals surface area contributed by atoms with E-state index in [4.69, 9.17) is 16.3 Å². The summed E-state index contributed by atoms with van der Waals surface area (Å²) in [5.41, 5.74) is 1.99. The first-order valence-electron chi connectivity index (χ1n) is 9.19. The number of nitrogens with zero attached hydrogens (tertiary/aromatic N) is 3. The number of fused-ring (bicyclic) bond motifs is 3. The van der Waals surface area contributed by atoms with Crippen molar-refractivity contribution in [2.45, 2.75) is 56.7 Å². The molecule has 0 radical (unpaired) electrons. The molecule has 1 aliphatic carbocycles. The molecule has 1 aromatic carbocycles. The Kier molecular flexibility index (Phi) is 4.93. The molecular weight excluding hydrogens is 379 g/mol. The SMILES string of the molecule is CO[C@H]1Cc2cc(Cl)ccc2-n2c(nnc2[C@H]2CC[C@H](C(F)(F)F)CC2)C1. The fourth-order valence-electron chi connectivity index (χ4n) is 4.29. The number of alkyl halides is 3. The molecule has 0 spiro atoms. The first kappa shape index (κ1) is 18.7. The van der Waals surface area contributed by atoms with Gasteiger partial charge in [0.05, 0.1) is 17.7 Å². The zero-order valence-corrected chi connectivity index (χ0v) is 15.7. The Balaban J connectivity index is 1.69. The van der Waals surface area contributed by atoms with Crippen molar-refractivity contribution in [3.63, 3.8) is 0 Å². The third-order valence-electron chi connectivity index (χ3n) is 5.78. The third-order valence-corrected chi connectivity index (χ3v) is 6.02. The summed E-state index contributed by atoms with van der Waals surface area (Å²) in [5, 5.41) is 9.39. The van der Waals surface area contributed by atoms with Gasteiger partial charge >= 0.3 is 6.18 Å². The number of benzene rings is 1. The highest BCUT2D eigenvalue weighted by atomic mass is 35.5. The molecule has 146 valence electrons. The van der Waals surface area contributed by atoms with Gasteiger partial charge in [0, 0.05) is 30.9 Å². The van der Waals surface area contributed by atoms with Gasteiger partial charge < -0.3 is 4.74 Å². The molecule has 8 heteroatoms. The Morgan fingerprint density at radius 1 is 1.11 bits per heavy atom. The van der Waals surface area contributed by atoms with Crippen LogP contribution < -0.4 is 0 Å². The summed E-state index contributed by atoms with van der Waals surface area (Å²) >= 11 is 6.18. The third kappa shape index (κ3) is 3.59. The van der Waals surface area contributed by atoms with Gasteiger partial charge in [0.15, 0.2) is 0 Å². The number of hydrogen-bond donors (Lipinski definition) is 0. The molecule has 2 aliphatic rings. The number of aromatic nitrogens is 3. The largest absolute Gasteiger partial charge is 0.391 e. The summed E-state index contributed by atoms with van der Waals surface area (Å²) in [5.74, 6) is 0.318. The number of methoxy groups -OCH3 is 1. The van der Waals surface area contributed by atoms with Crippen LogP contribution in [0.2, 0.25) is 5.02 Å². The maximum atomic E-state index is 13.0. The van der Waals surface area contributed by atoms with Gasteiger partial charge in [0.25, 0.3) is 0 Å². The van der Waals surface area contributed by atoms with Crippen LogP contribution >= 0.6 is 11.6 Å². The molecule has 4 nitrogen and oxygen atoms in total. The summed E-state index contributed by atoms with van der Waals surface area (Å²) in [6, 6.07) is 5.68. The average molecular weight is 400 g/mol. The van der Waals surface area contributed by atoms with E-state index in [1.807, 2.05) is 22.8 Å². The van der Waals surface area contributed by atoms with Crippen LogP contribution in [0.25, 0.3) is 5.69 Å². The molecule has 0 bridgehead atoms. The van der Waals surface area contributed by atoms with E-state index in [-0.39, 0.29) is 24.9 Å². The summed E-state index contributed by atoms with van der Waals surface area (Å²) in [6.07, 6.45) is -1.61. The van der Waals surface area contributed by atoms with Crippen LogP contribution in [0.5, 0.6) is 0 Å². The Morgan fingerprint density at radius 3 is 2.52 bits per heavy atom. The molecule has 4 rings (SSSR count). The first-order valence-corrected chi connectivity index (χ1v) is 9.57. The number of rotatable bonds is 2. The molecule has 1 atom stereocenters. The van der Waals surface area contributed by atoms with E-state index in [0.29, 0.717) is 30.7 Å². The van der Waals surface area contributed by atoms with Gasteiger partial charge in [0.1, 0.15) is 11.6 Å². The molecule has 1 saturated carbocycles. The molecule has 27 heavy (non-hydrogen) atoms. The second-order valence-corrected chi connectivity index (χ2v) is 7.88. The van der Waals surface area contributed by atoms with Crippen molar-refractivity contribution in [2.24, 2.45) is 5.92 Å². The fraction of sp³-hybridized carbons (Fsp3) is 0.579. The van der Waals surface area contributed by atoms with Crippen molar-refractivity contribution in [2.75, 3.05) is 7.11 Å². The minimum atomic E-state index is -4.11. The maximum Gasteiger partial charge on any atom is 0.391 e. The van der Waals surface area contributed by atoms with Crippen LogP contribution in [0.1, 0.15) is 48.8 Å². The van der Waals surface area contributed by atoms with Crippen molar-refractivity contribution in [1.29, 1.82) is 0 Å². The quantitative estimate of drug-likeness (QED) is 0.723. The van der Waals surface area contributed by atoms with Gasteiger partial charge in [0.2, 0.25) is 0 Å². The number of halogens is 4. The molecule has 1 fully saturated rings. The summed E-state index contributed by atoms with van der Waals surface area (Å²) in [6.45, 7) is 0. The second-order valence-electron chi connectivity index (χ2n) is 7.44. The van der Waals surface area contributed by atoms with E-state index in [1.54, 1.807) is 7.11 Å². The molecule has 0 amide bonds. The van der Waals surface area contributed by atoms with Crippen molar-refractivity contribution >= 4 is 11.6 Å². The average Bonchev–Trinajstić information content (AvgIpc) is 2.97. The van der Waals surface area contributed by atoms with Gasteiger partial charge in [-0.3, -0.25) is 4.57 Å². The number of ether oxygens (including phenoxy) is 1. The lowest BCUT2D eigenvalue weighted by Gasteiger charge is -2.29. The van der Waals surface area contributed by atoms with Gasteiger partial charge in [-0.2, -0.15) is 13.2 Å². The molecular formula is C19H21ClF3N3O. The molecule has 2 heterocycles. The van der Waals surface area contributed by atoms with Crippen molar-refractivity contribution < 1.29 is 17.9 Å². The molecule has 0 unspecified atom stereocenters. The molecule has 0 saturated heterocycles. The molecule has 1 aromatic heterocycles. The smallest absolute Gasteiger partial charge is 0.381 e. The van der Waals surface area contributed by atoms with E-state index in [2.05, 4.69) is 10.2 Å². The highest BCUT2D eigenvalue weighted by molar-refractivity contribution is 6.30. The van der Waals surface area contributed by atoms with Crippen LogP contribution in [0.15, 0.2) is 18.2 Å². The number of hydrogen-bond acceptors (Lipinski definition) is 3. The zero-order chi connectivity index (χ0) is 19.2. The van der Waals surface area contributed by atoms with Crippen molar-refractivity contribution in [1.82, 2.24) is 14.8 Å². The highest BCUT2D eigenvalue weighted by Gasteiger charge is 2.42. The maximum absolute atomic E-state index is 13.0. The second kappa shape index (κ2) is 7.09. The van der Waals surface area contributed by atoms with Gasteiger partial charge in [-0.05, 0) is 49.4 Å². The van der Waals surface area contributed by atoms with Crippen LogP contribution in [-0.4, -0.2) is 34.2 Å². The topological polar surface area (TPSA) is 39.9 Å². The lowest BCUT2D eigenvalue weighted by atomic mass is 9.81. The van der Waals surface area contributed by atoms with Gasteiger partial charge in [-0.15, -0.1) is 10.2 Å². The Bertz CT molecular complexity index is 828. The minimum absolute atomic E-state index is 0.0209. The summed E-state index contributed by atoms with van der Waals surface area (Å²) in [4.78, 5) is 0. The van der Waals surface area contributed by atoms with Crippen molar-refractivity contribution in [3.8, 4) is 5.69 Å². The van der Waals surface area contributed by atoms with E-state index < -0.39 is 12.1 Å². The predicted molar refractivity (Wildman–Crippen MR) is 95.3 cm³/mol. The van der Waals surface area contributed by atoms with Gasteiger partial charge in [-0.1, -0.05) is 11.6 Å². The fourth-order valence-corrected chi connectivity index (χ4v) is 4.49. The predicted octanol–water partition coefficient (Wildman–Crippen LogP) is 4.87. The first-order chi connectivity index (χ1) is 12.9. The normalized spacial score (nSPS) is 25.6. The van der Waals surface area contributed by atoms with Crippen molar-refractivity contribution in [3.05, 3.63) is 40.4 Å². The summed E-state index contributed by atoms with van der Waals surface area (Å²) < 4.78 is 46.6.